The molecule has 0 unspecified atom stereocenters. The van der Waals surface area contributed by atoms with Gasteiger partial charge in [0.2, 0.25) is 5.89 Å². The monoisotopic (exact) mass is 334 g/mol. The normalized spacial score (nSPS) is 15.9. The highest BCUT2D eigenvalue weighted by Crippen LogP contribution is 2.29. The summed E-state index contributed by atoms with van der Waals surface area (Å²) in [6.45, 7) is 3.55. The van der Waals surface area contributed by atoms with Gasteiger partial charge in [-0.25, -0.2) is 0 Å². The summed E-state index contributed by atoms with van der Waals surface area (Å²) in [5, 5.41) is 18.9. The number of furan rings is 1. The maximum atomic E-state index is 11.3. The van der Waals surface area contributed by atoms with Crippen LogP contribution in [0.5, 0.6) is 0 Å². The molecule has 1 saturated heterocycles. The average Bonchev–Trinajstić information content (AvgIpc) is 3.17. The van der Waals surface area contributed by atoms with E-state index in [1.54, 1.807) is 13.0 Å². The number of carboxylic acids is 1. The molecule has 122 valence electrons. The van der Waals surface area contributed by atoms with Gasteiger partial charge >= 0.3 is 0 Å². The Kier molecular flexibility index (Phi) is 4.71. The predicted octanol–water partition coefficient (Wildman–Crippen LogP) is 1.84. The maximum Gasteiger partial charge on any atom is 0.281 e. The largest absolute Gasteiger partial charge is 0.544 e. The lowest BCUT2D eigenvalue weighted by atomic mass is 10.1. The molecule has 0 spiro atoms. The fourth-order valence-electron chi connectivity index (χ4n) is 2.38. The highest BCUT2D eigenvalue weighted by molar-refractivity contribution is 8.03. The van der Waals surface area contributed by atoms with Crippen LogP contribution < -0.4 is 10.0 Å². The molecule has 7 nitrogen and oxygen atoms in total. The Hall–Kier alpha value is -2.22. The van der Waals surface area contributed by atoms with Crippen molar-refractivity contribution >= 4 is 29.7 Å². The molecule has 3 rings (SSSR count). The van der Waals surface area contributed by atoms with E-state index in [0.717, 1.165) is 43.6 Å². The number of nitrogens with zero attached hydrogens (tertiary/aromatic N) is 3. The van der Waals surface area contributed by atoms with Crippen molar-refractivity contribution in [3.05, 3.63) is 28.7 Å². The molecular formula is C15H16N3O4S-. The van der Waals surface area contributed by atoms with Crippen molar-refractivity contribution in [3.63, 3.8) is 0 Å². The molecule has 0 saturated carbocycles. The predicted molar refractivity (Wildman–Crippen MR) is 82.6 cm³/mol. The van der Waals surface area contributed by atoms with Crippen LogP contribution in [0, 0.1) is 6.92 Å². The van der Waals surface area contributed by atoms with Gasteiger partial charge in [0.25, 0.3) is 5.22 Å². The lowest BCUT2D eigenvalue weighted by Gasteiger charge is -2.25. The quantitative estimate of drug-likeness (QED) is 0.604. The molecule has 0 bridgehead atoms. The Morgan fingerprint density at radius 2 is 2.04 bits per heavy atom. The number of thioether (sulfide) groups is 1. The minimum Gasteiger partial charge on any atom is -0.544 e. The van der Waals surface area contributed by atoms with Crippen LogP contribution in [-0.4, -0.2) is 29.3 Å². The lowest BCUT2D eigenvalue weighted by Crippen LogP contribution is -2.28. The second-order valence-corrected chi connectivity index (χ2v) is 6.20. The summed E-state index contributed by atoms with van der Waals surface area (Å²) < 4.78 is 10.9. The minimum absolute atomic E-state index is 0.0480. The third-order valence-corrected chi connectivity index (χ3v) is 4.30. The highest BCUT2D eigenvalue weighted by Gasteiger charge is 2.15. The summed E-state index contributed by atoms with van der Waals surface area (Å²) in [6.07, 6.45) is 4.93. The zero-order valence-electron chi connectivity index (χ0n) is 12.7. The van der Waals surface area contributed by atoms with E-state index in [2.05, 4.69) is 15.1 Å². The Bertz CT molecular complexity index is 716. The molecule has 3 heterocycles. The first-order chi connectivity index (χ1) is 11.1. The first-order valence-electron chi connectivity index (χ1n) is 7.37. The fourth-order valence-corrected chi connectivity index (χ4v) is 3.07. The first kappa shape index (κ1) is 15.7. The maximum absolute atomic E-state index is 11.3. The summed E-state index contributed by atoms with van der Waals surface area (Å²) in [7, 11) is 0. The van der Waals surface area contributed by atoms with Crippen molar-refractivity contribution in [1.82, 2.24) is 10.2 Å². The van der Waals surface area contributed by atoms with Gasteiger partial charge in [-0.2, -0.15) is 0 Å². The van der Waals surface area contributed by atoms with Crippen LogP contribution >= 0.6 is 11.8 Å². The number of piperidine rings is 1. The van der Waals surface area contributed by atoms with Crippen molar-refractivity contribution in [1.29, 1.82) is 0 Å². The van der Waals surface area contributed by atoms with E-state index in [0.29, 0.717) is 11.7 Å². The zero-order valence-corrected chi connectivity index (χ0v) is 13.5. The van der Waals surface area contributed by atoms with Crippen molar-refractivity contribution in [2.45, 2.75) is 31.4 Å². The van der Waals surface area contributed by atoms with E-state index >= 15 is 0 Å². The summed E-state index contributed by atoms with van der Waals surface area (Å²) in [5.74, 6) is 0.262. The van der Waals surface area contributed by atoms with Crippen LogP contribution in [0.25, 0.3) is 6.08 Å². The van der Waals surface area contributed by atoms with E-state index in [1.807, 2.05) is 6.07 Å². The van der Waals surface area contributed by atoms with Gasteiger partial charge in [-0.3, -0.25) is 0 Å². The van der Waals surface area contributed by atoms with Crippen molar-refractivity contribution in [3.8, 4) is 0 Å². The zero-order chi connectivity index (χ0) is 16.2. The third kappa shape index (κ3) is 3.95. The molecule has 8 heteroatoms. The second kappa shape index (κ2) is 6.91. The van der Waals surface area contributed by atoms with Crippen molar-refractivity contribution in [2.75, 3.05) is 18.0 Å². The fraction of sp³-hybridized carbons (Fsp3) is 0.400. The summed E-state index contributed by atoms with van der Waals surface area (Å²) in [5.41, 5.74) is 0. The Morgan fingerprint density at radius 3 is 2.70 bits per heavy atom. The molecule has 0 amide bonds. The molecule has 0 atom stereocenters. The molecule has 0 aliphatic carbocycles. The van der Waals surface area contributed by atoms with E-state index in [4.69, 9.17) is 8.83 Å². The number of carbonyl (C=O) groups is 1. The Morgan fingerprint density at radius 1 is 1.26 bits per heavy atom. The SMILES string of the molecule is Cc1nnc(S/C(=C/c2ccc(N3CCCCC3)o2)C(=O)[O-])o1. The number of carboxylic acid groups (broad SMARTS) is 1. The number of anilines is 1. The molecular weight excluding hydrogens is 318 g/mol. The standard InChI is InChI=1S/C15H17N3O4S/c1-10-16-17-15(21-10)23-12(14(19)20)9-11-5-6-13(22-11)18-7-3-2-4-8-18/h5-6,9H,2-4,7-8H2,1H3,(H,19,20)/p-1/b12-9+. The van der Waals surface area contributed by atoms with Gasteiger partial charge in [0, 0.05) is 31.0 Å². The van der Waals surface area contributed by atoms with Crippen LogP contribution in [0.2, 0.25) is 0 Å². The highest BCUT2D eigenvalue weighted by atomic mass is 32.2. The van der Waals surface area contributed by atoms with Crippen LogP contribution in [0.3, 0.4) is 0 Å². The van der Waals surface area contributed by atoms with Gasteiger partial charge in [0.1, 0.15) is 5.76 Å². The molecule has 2 aromatic heterocycles. The van der Waals surface area contributed by atoms with Gasteiger partial charge < -0.3 is 23.6 Å². The van der Waals surface area contributed by atoms with E-state index in [-0.39, 0.29) is 10.1 Å². The van der Waals surface area contributed by atoms with Gasteiger partial charge in [0.15, 0.2) is 5.88 Å². The van der Waals surface area contributed by atoms with Gasteiger partial charge in [0.05, 0.1) is 5.97 Å². The van der Waals surface area contributed by atoms with Crippen molar-refractivity contribution < 1.29 is 18.7 Å². The summed E-state index contributed by atoms with van der Waals surface area (Å²) in [4.78, 5) is 13.4. The van der Waals surface area contributed by atoms with Crippen LogP contribution in [-0.2, 0) is 4.79 Å². The molecule has 1 fully saturated rings. The van der Waals surface area contributed by atoms with E-state index < -0.39 is 5.97 Å². The Labute approximate surface area is 137 Å². The summed E-state index contributed by atoms with van der Waals surface area (Å²) in [6, 6.07) is 3.60. The lowest BCUT2D eigenvalue weighted by molar-refractivity contribution is -0.298. The first-order valence-corrected chi connectivity index (χ1v) is 8.19. The molecule has 0 N–H and O–H groups in total. The molecule has 0 aromatic carbocycles. The van der Waals surface area contributed by atoms with Crippen LogP contribution in [0.1, 0.15) is 30.9 Å². The smallest absolute Gasteiger partial charge is 0.281 e. The molecule has 1 aliphatic rings. The molecule has 1 aliphatic heterocycles. The van der Waals surface area contributed by atoms with Crippen LogP contribution in [0.15, 0.2) is 31.1 Å². The number of hydrogen-bond donors (Lipinski definition) is 0. The number of rotatable bonds is 5. The Balaban J connectivity index is 1.76. The number of hydrogen-bond acceptors (Lipinski definition) is 8. The average molecular weight is 334 g/mol. The van der Waals surface area contributed by atoms with Gasteiger partial charge in [-0.15, -0.1) is 10.2 Å². The number of aryl methyl sites for hydroxylation is 1. The molecule has 23 heavy (non-hydrogen) atoms. The van der Waals surface area contributed by atoms with Gasteiger partial charge in [-0.05, 0) is 43.2 Å². The number of carbonyl (C=O) groups excluding carboxylic acids is 1. The molecule has 0 radical (unpaired) electrons. The minimum atomic E-state index is -1.32. The number of aromatic nitrogens is 2. The summed E-state index contributed by atoms with van der Waals surface area (Å²) >= 11 is 0.843. The van der Waals surface area contributed by atoms with Crippen molar-refractivity contribution in [2.24, 2.45) is 0 Å². The van der Waals surface area contributed by atoms with E-state index in [1.165, 1.54) is 12.5 Å². The molecule has 2 aromatic rings. The van der Waals surface area contributed by atoms with Gasteiger partial charge in [-0.1, -0.05) is 0 Å². The van der Waals surface area contributed by atoms with E-state index in [9.17, 15) is 9.90 Å². The second-order valence-electron chi connectivity index (χ2n) is 5.21. The van der Waals surface area contributed by atoms with Crippen LogP contribution in [0.4, 0.5) is 5.88 Å². The number of aliphatic carboxylic acids is 1. The third-order valence-electron chi connectivity index (χ3n) is 3.46. The topological polar surface area (TPSA) is 95.4 Å².